The maximum absolute atomic E-state index is 12.6. The summed E-state index contributed by atoms with van der Waals surface area (Å²) in [7, 11) is -3.37. The molecule has 0 bridgehead atoms. The summed E-state index contributed by atoms with van der Waals surface area (Å²) in [6, 6.07) is 0.114. The van der Waals surface area contributed by atoms with E-state index >= 15 is 0 Å². The topological polar surface area (TPSA) is 62.3 Å². The van der Waals surface area contributed by atoms with E-state index in [2.05, 4.69) is 10.3 Å². The summed E-state index contributed by atoms with van der Waals surface area (Å²) in [5.74, 6) is 0. The molecule has 1 N–H and O–H groups in total. The van der Waals surface area contributed by atoms with E-state index in [1.807, 2.05) is 13.8 Å². The van der Waals surface area contributed by atoms with E-state index in [1.54, 1.807) is 4.31 Å². The lowest BCUT2D eigenvalue weighted by atomic mass is 10.1. The van der Waals surface area contributed by atoms with Crippen LogP contribution >= 0.6 is 11.3 Å². The van der Waals surface area contributed by atoms with Gasteiger partial charge in [-0.15, -0.1) is 11.3 Å². The van der Waals surface area contributed by atoms with E-state index < -0.39 is 10.0 Å². The molecule has 0 amide bonds. The fourth-order valence-electron chi connectivity index (χ4n) is 2.30. The monoisotopic (exact) mass is 289 g/mol. The van der Waals surface area contributed by atoms with Crippen LogP contribution in [0.5, 0.6) is 0 Å². The first-order valence-corrected chi connectivity index (χ1v) is 8.46. The Bertz CT molecular complexity index is 492. The second-order valence-corrected chi connectivity index (χ2v) is 7.74. The highest BCUT2D eigenvalue weighted by Gasteiger charge is 2.32. The Morgan fingerprint density at radius 3 is 2.67 bits per heavy atom. The van der Waals surface area contributed by atoms with Crippen LogP contribution in [0.3, 0.4) is 0 Å². The van der Waals surface area contributed by atoms with E-state index in [-0.39, 0.29) is 6.04 Å². The van der Waals surface area contributed by atoms with E-state index in [9.17, 15) is 8.42 Å². The van der Waals surface area contributed by atoms with E-state index in [4.69, 9.17) is 0 Å². The summed E-state index contributed by atoms with van der Waals surface area (Å²) in [5, 5.41) is 4.04. The third-order valence-electron chi connectivity index (χ3n) is 3.19. The molecule has 0 spiro atoms. The van der Waals surface area contributed by atoms with Crippen molar-refractivity contribution in [3.05, 3.63) is 11.2 Å². The van der Waals surface area contributed by atoms with E-state index in [0.717, 1.165) is 30.9 Å². The number of aryl methyl sites for hydroxylation is 1. The maximum Gasteiger partial charge on any atom is 0.254 e. The average Bonchev–Trinajstić information content (AvgIpc) is 2.78. The van der Waals surface area contributed by atoms with E-state index in [1.165, 1.54) is 17.5 Å². The number of piperidine rings is 1. The van der Waals surface area contributed by atoms with Crippen LogP contribution in [-0.4, -0.2) is 43.4 Å². The second-order valence-electron chi connectivity index (χ2n) is 4.39. The standard InChI is InChI=1S/C11H19N3O2S2/c1-3-14(10-4-6-12-7-5-10)18(15,16)11-8-13-9(2)17-11/h8,10,12H,3-7H2,1-2H3. The lowest BCUT2D eigenvalue weighted by Crippen LogP contribution is -2.45. The van der Waals surface area contributed by atoms with Crippen LogP contribution in [0.2, 0.25) is 0 Å². The Labute approximate surface area is 112 Å². The van der Waals surface area contributed by atoms with Gasteiger partial charge in [-0.25, -0.2) is 13.4 Å². The molecule has 1 aromatic rings. The summed E-state index contributed by atoms with van der Waals surface area (Å²) in [4.78, 5) is 4.05. The molecule has 5 nitrogen and oxygen atoms in total. The highest BCUT2D eigenvalue weighted by Crippen LogP contribution is 2.26. The van der Waals surface area contributed by atoms with Crippen molar-refractivity contribution >= 4 is 21.4 Å². The smallest absolute Gasteiger partial charge is 0.254 e. The molecule has 102 valence electrons. The van der Waals surface area contributed by atoms with Gasteiger partial charge in [0.2, 0.25) is 0 Å². The molecule has 1 fully saturated rings. The number of hydrogen-bond donors (Lipinski definition) is 1. The molecule has 2 heterocycles. The first-order chi connectivity index (χ1) is 8.55. The minimum absolute atomic E-state index is 0.114. The molecule has 1 aliphatic heterocycles. The van der Waals surface area contributed by atoms with Crippen LogP contribution in [0.25, 0.3) is 0 Å². The fourth-order valence-corrected chi connectivity index (χ4v) is 5.23. The molecular formula is C11H19N3O2S2. The van der Waals surface area contributed by atoms with Crippen molar-refractivity contribution in [2.24, 2.45) is 0 Å². The van der Waals surface area contributed by atoms with Crippen LogP contribution in [0, 0.1) is 6.92 Å². The van der Waals surface area contributed by atoms with Gasteiger partial charge in [-0.2, -0.15) is 4.31 Å². The number of hydrogen-bond acceptors (Lipinski definition) is 5. The molecule has 0 atom stereocenters. The predicted molar refractivity (Wildman–Crippen MR) is 72.3 cm³/mol. The van der Waals surface area contributed by atoms with Crippen molar-refractivity contribution in [3.8, 4) is 0 Å². The van der Waals surface area contributed by atoms with Gasteiger partial charge in [0.25, 0.3) is 10.0 Å². The van der Waals surface area contributed by atoms with Crippen molar-refractivity contribution in [3.63, 3.8) is 0 Å². The minimum atomic E-state index is -3.37. The van der Waals surface area contributed by atoms with Gasteiger partial charge in [0, 0.05) is 12.6 Å². The second kappa shape index (κ2) is 5.64. The van der Waals surface area contributed by atoms with Gasteiger partial charge < -0.3 is 5.32 Å². The van der Waals surface area contributed by atoms with Gasteiger partial charge in [0.1, 0.15) is 0 Å². The molecule has 0 saturated carbocycles. The van der Waals surface area contributed by atoms with Crippen LogP contribution in [0.15, 0.2) is 10.4 Å². The lowest BCUT2D eigenvalue weighted by molar-refractivity contribution is 0.271. The predicted octanol–water partition coefficient (Wildman–Crippen LogP) is 1.21. The SMILES string of the molecule is CCN(C1CCNCC1)S(=O)(=O)c1cnc(C)s1. The Kier molecular flexibility index (Phi) is 4.37. The van der Waals surface area contributed by atoms with Gasteiger partial charge >= 0.3 is 0 Å². The quantitative estimate of drug-likeness (QED) is 0.905. The summed E-state index contributed by atoms with van der Waals surface area (Å²) in [5.41, 5.74) is 0. The van der Waals surface area contributed by atoms with Gasteiger partial charge in [-0.1, -0.05) is 6.92 Å². The van der Waals surface area contributed by atoms with E-state index in [0.29, 0.717) is 10.8 Å². The molecule has 0 aromatic carbocycles. The highest BCUT2D eigenvalue weighted by molar-refractivity contribution is 7.91. The number of thiazole rings is 1. The van der Waals surface area contributed by atoms with Gasteiger partial charge in [0.15, 0.2) is 4.21 Å². The highest BCUT2D eigenvalue weighted by atomic mass is 32.2. The summed E-state index contributed by atoms with van der Waals surface area (Å²) >= 11 is 1.25. The molecule has 1 saturated heterocycles. The molecule has 0 unspecified atom stereocenters. The largest absolute Gasteiger partial charge is 0.317 e. The Balaban J connectivity index is 2.25. The summed E-state index contributed by atoms with van der Waals surface area (Å²) < 4.78 is 27.1. The molecule has 2 rings (SSSR count). The molecule has 0 radical (unpaired) electrons. The minimum Gasteiger partial charge on any atom is -0.317 e. The molecule has 7 heteroatoms. The molecular weight excluding hydrogens is 270 g/mol. The molecule has 18 heavy (non-hydrogen) atoms. The Hall–Kier alpha value is -0.500. The number of sulfonamides is 1. The first kappa shape index (κ1) is 13.9. The third-order valence-corrected chi connectivity index (χ3v) is 6.57. The number of rotatable bonds is 4. The van der Waals surface area contributed by atoms with Crippen LogP contribution in [0.1, 0.15) is 24.8 Å². The van der Waals surface area contributed by atoms with Gasteiger partial charge in [-0.3, -0.25) is 0 Å². The fraction of sp³-hybridized carbons (Fsp3) is 0.727. The number of nitrogens with zero attached hydrogens (tertiary/aromatic N) is 2. The van der Waals surface area contributed by atoms with Crippen molar-refractivity contribution in [2.75, 3.05) is 19.6 Å². The normalized spacial score (nSPS) is 18.4. The van der Waals surface area contributed by atoms with Crippen LogP contribution < -0.4 is 5.32 Å². The maximum atomic E-state index is 12.6. The van der Waals surface area contributed by atoms with Crippen LogP contribution in [0.4, 0.5) is 0 Å². The Morgan fingerprint density at radius 1 is 1.50 bits per heavy atom. The number of nitrogens with one attached hydrogen (secondary N) is 1. The van der Waals surface area contributed by atoms with Gasteiger partial charge in [-0.05, 0) is 32.9 Å². The van der Waals surface area contributed by atoms with Crippen LogP contribution in [-0.2, 0) is 10.0 Å². The van der Waals surface area contributed by atoms with Crippen molar-refractivity contribution in [1.82, 2.24) is 14.6 Å². The van der Waals surface area contributed by atoms with Gasteiger partial charge in [0.05, 0.1) is 11.2 Å². The zero-order valence-corrected chi connectivity index (χ0v) is 12.4. The first-order valence-electron chi connectivity index (χ1n) is 6.20. The third kappa shape index (κ3) is 2.74. The zero-order valence-electron chi connectivity index (χ0n) is 10.7. The molecule has 1 aromatic heterocycles. The lowest BCUT2D eigenvalue weighted by Gasteiger charge is -2.32. The molecule has 1 aliphatic rings. The van der Waals surface area contributed by atoms with Crippen molar-refractivity contribution in [2.45, 2.75) is 36.9 Å². The summed E-state index contributed by atoms with van der Waals surface area (Å²) in [6.45, 7) is 6.01. The molecule has 0 aliphatic carbocycles. The van der Waals surface area contributed by atoms with Crippen molar-refractivity contribution in [1.29, 1.82) is 0 Å². The average molecular weight is 289 g/mol. The zero-order chi connectivity index (χ0) is 13.2. The number of aromatic nitrogens is 1. The summed E-state index contributed by atoms with van der Waals surface area (Å²) in [6.07, 6.45) is 3.23. The Morgan fingerprint density at radius 2 is 2.17 bits per heavy atom. The van der Waals surface area contributed by atoms with Crippen molar-refractivity contribution < 1.29 is 8.42 Å².